The van der Waals surface area contributed by atoms with Gasteiger partial charge in [0.25, 0.3) is 0 Å². The van der Waals surface area contributed by atoms with Crippen LogP contribution in [-0.2, 0) is 4.74 Å². The molecular formula is C8H15NO3. The molecule has 0 spiro atoms. The highest BCUT2D eigenvalue weighted by atomic mass is 16.5. The molecule has 0 aliphatic heterocycles. The van der Waals surface area contributed by atoms with Crippen LogP contribution in [0, 0.1) is 0 Å². The zero-order chi connectivity index (χ0) is 8.97. The summed E-state index contributed by atoms with van der Waals surface area (Å²) in [5, 5.41) is 10.6. The highest BCUT2D eigenvalue weighted by Crippen LogP contribution is 2.22. The summed E-state index contributed by atoms with van der Waals surface area (Å²) < 4.78 is 5.51. The third-order valence-electron chi connectivity index (χ3n) is 2.02. The number of ether oxygens (including phenoxy) is 1. The fraction of sp³-hybridized carbons (Fsp3) is 0.875. The second kappa shape index (κ2) is 4.30. The molecule has 1 atom stereocenters. The van der Waals surface area contributed by atoms with Crippen molar-refractivity contribution in [2.75, 3.05) is 6.54 Å². The predicted molar refractivity (Wildman–Crippen MR) is 44.2 cm³/mol. The summed E-state index contributed by atoms with van der Waals surface area (Å²) in [6, 6.07) is 0. The van der Waals surface area contributed by atoms with E-state index < -0.39 is 6.09 Å². The lowest BCUT2D eigenvalue weighted by atomic mass is 9.96. The number of carbonyl (C=O) groups is 1. The number of carboxylic acid groups (broad SMARTS) is 1. The van der Waals surface area contributed by atoms with Crippen molar-refractivity contribution >= 4 is 6.09 Å². The zero-order valence-electron chi connectivity index (χ0n) is 7.25. The topological polar surface area (TPSA) is 58.6 Å². The first-order chi connectivity index (χ1) is 5.68. The van der Waals surface area contributed by atoms with Crippen molar-refractivity contribution < 1.29 is 14.6 Å². The second-order valence-corrected chi connectivity index (χ2v) is 3.19. The van der Waals surface area contributed by atoms with E-state index in [1.807, 2.05) is 6.92 Å². The van der Waals surface area contributed by atoms with E-state index in [9.17, 15) is 4.79 Å². The third-order valence-corrected chi connectivity index (χ3v) is 2.02. The Hall–Kier alpha value is -0.770. The van der Waals surface area contributed by atoms with Gasteiger partial charge in [-0.05, 0) is 26.2 Å². The van der Waals surface area contributed by atoms with Gasteiger partial charge in [0.15, 0.2) is 0 Å². The molecular weight excluding hydrogens is 158 g/mol. The van der Waals surface area contributed by atoms with E-state index >= 15 is 0 Å². The molecule has 0 aromatic rings. The second-order valence-electron chi connectivity index (χ2n) is 3.19. The van der Waals surface area contributed by atoms with E-state index in [0.29, 0.717) is 12.6 Å². The van der Waals surface area contributed by atoms with E-state index in [1.54, 1.807) is 0 Å². The molecule has 12 heavy (non-hydrogen) atoms. The Morgan fingerprint density at radius 3 is 2.83 bits per heavy atom. The maximum Gasteiger partial charge on any atom is 0.404 e. The monoisotopic (exact) mass is 173 g/mol. The molecule has 0 bridgehead atoms. The van der Waals surface area contributed by atoms with Crippen molar-refractivity contribution in [3.8, 4) is 0 Å². The maximum atomic E-state index is 10.1. The van der Waals surface area contributed by atoms with Crippen molar-refractivity contribution in [3.63, 3.8) is 0 Å². The molecule has 1 rings (SSSR count). The molecule has 2 N–H and O–H groups in total. The Bertz CT molecular complexity index is 156. The molecule has 1 fully saturated rings. The van der Waals surface area contributed by atoms with Gasteiger partial charge in [-0.3, -0.25) is 0 Å². The Labute approximate surface area is 71.9 Å². The van der Waals surface area contributed by atoms with Crippen LogP contribution in [0.25, 0.3) is 0 Å². The smallest absolute Gasteiger partial charge is 0.404 e. The van der Waals surface area contributed by atoms with Gasteiger partial charge < -0.3 is 15.2 Å². The Balaban J connectivity index is 2.02. The Kier molecular flexibility index (Phi) is 3.34. The molecule has 1 unspecified atom stereocenters. The van der Waals surface area contributed by atoms with Crippen LogP contribution in [0.15, 0.2) is 0 Å². The van der Waals surface area contributed by atoms with Gasteiger partial charge in [-0.15, -0.1) is 0 Å². The molecule has 0 aromatic heterocycles. The minimum atomic E-state index is -0.987. The summed E-state index contributed by atoms with van der Waals surface area (Å²) in [6.45, 7) is 2.26. The van der Waals surface area contributed by atoms with Gasteiger partial charge >= 0.3 is 6.09 Å². The van der Waals surface area contributed by atoms with Crippen molar-refractivity contribution in [2.24, 2.45) is 0 Å². The number of amides is 1. The van der Waals surface area contributed by atoms with Crippen molar-refractivity contribution in [2.45, 2.75) is 38.4 Å². The summed E-state index contributed by atoms with van der Waals surface area (Å²) in [4.78, 5) is 10.1. The highest BCUT2D eigenvalue weighted by Gasteiger charge is 2.20. The molecule has 4 heteroatoms. The molecule has 70 valence electrons. The maximum absolute atomic E-state index is 10.1. The lowest BCUT2D eigenvalue weighted by molar-refractivity contribution is -0.0412. The first-order valence-electron chi connectivity index (χ1n) is 4.30. The standard InChI is InChI=1S/C8H15NO3/c1-6(5-9-8(10)11)12-7-3-2-4-7/h6-7,9H,2-5H2,1H3,(H,10,11). The van der Waals surface area contributed by atoms with Crippen LogP contribution in [0.4, 0.5) is 4.79 Å². The zero-order valence-corrected chi connectivity index (χ0v) is 7.25. The predicted octanol–water partition coefficient (Wildman–Crippen LogP) is 1.21. The van der Waals surface area contributed by atoms with E-state index in [4.69, 9.17) is 9.84 Å². The average molecular weight is 173 g/mol. The Morgan fingerprint density at radius 2 is 2.42 bits per heavy atom. The number of rotatable bonds is 4. The summed E-state index contributed by atoms with van der Waals surface area (Å²) in [5.74, 6) is 0. The fourth-order valence-electron chi connectivity index (χ4n) is 1.11. The molecule has 1 saturated carbocycles. The normalized spacial score (nSPS) is 19.8. The first-order valence-corrected chi connectivity index (χ1v) is 4.30. The van der Waals surface area contributed by atoms with Gasteiger partial charge in [0, 0.05) is 6.54 Å². The first kappa shape index (κ1) is 9.32. The van der Waals surface area contributed by atoms with Crippen LogP contribution < -0.4 is 5.32 Å². The summed E-state index contributed by atoms with van der Waals surface area (Å²) in [6.07, 6.45) is 2.86. The fourth-order valence-corrected chi connectivity index (χ4v) is 1.11. The summed E-state index contributed by atoms with van der Waals surface area (Å²) in [7, 11) is 0. The van der Waals surface area contributed by atoms with E-state index in [-0.39, 0.29) is 6.10 Å². The lowest BCUT2D eigenvalue weighted by Gasteiger charge is -2.28. The average Bonchev–Trinajstić information content (AvgIpc) is 1.93. The van der Waals surface area contributed by atoms with Crippen LogP contribution in [0.1, 0.15) is 26.2 Å². The molecule has 0 aromatic carbocycles. The van der Waals surface area contributed by atoms with Crippen molar-refractivity contribution in [3.05, 3.63) is 0 Å². The van der Waals surface area contributed by atoms with Gasteiger partial charge in [0.1, 0.15) is 0 Å². The van der Waals surface area contributed by atoms with Gasteiger partial charge in [0.05, 0.1) is 12.2 Å². The van der Waals surface area contributed by atoms with E-state index in [2.05, 4.69) is 5.32 Å². The van der Waals surface area contributed by atoms with Crippen LogP contribution in [0.5, 0.6) is 0 Å². The van der Waals surface area contributed by atoms with E-state index in [1.165, 1.54) is 6.42 Å². The molecule has 0 radical (unpaired) electrons. The summed E-state index contributed by atoms with van der Waals surface area (Å²) >= 11 is 0. The molecule has 0 heterocycles. The minimum Gasteiger partial charge on any atom is -0.465 e. The SMILES string of the molecule is CC(CNC(=O)O)OC1CCC1. The van der Waals surface area contributed by atoms with Crippen LogP contribution >= 0.6 is 0 Å². The molecule has 0 saturated heterocycles. The molecule has 1 aliphatic carbocycles. The highest BCUT2D eigenvalue weighted by molar-refractivity contribution is 5.64. The molecule has 1 aliphatic rings. The van der Waals surface area contributed by atoms with Gasteiger partial charge in [-0.1, -0.05) is 0 Å². The quantitative estimate of drug-likeness (QED) is 0.671. The number of hydrogen-bond donors (Lipinski definition) is 2. The Morgan fingerprint density at radius 1 is 1.75 bits per heavy atom. The third kappa shape index (κ3) is 3.09. The largest absolute Gasteiger partial charge is 0.465 e. The van der Waals surface area contributed by atoms with Crippen LogP contribution in [0.2, 0.25) is 0 Å². The van der Waals surface area contributed by atoms with Crippen LogP contribution in [0.3, 0.4) is 0 Å². The molecule has 1 amide bonds. The molecule has 4 nitrogen and oxygen atoms in total. The van der Waals surface area contributed by atoms with Gasteiger partial charge in [-0.2, -0.15) is 0 Å². The van der Waals surface area contributed by atoms with Crippen LogP contribution in [-0.4, -0.2) is 30.0 Å². The van der Waals surface area contributed by atoms with Crippen molar-refractivity contribution in [1.82, 2.24) is 5.32 Å². The van der Waals surface area contributed by atoms with Gasteiger partial charge in [-0.25, -0.2) is 4.79 Å². The lowest BCUT2D eigenvalue weighted by Crippen LogP contribution is -2.35. The van der Waals surface area contributed by atoms with Crippen molar-refractivity contribution in [1.29, 1.82) is 0 Å². The number of hydrogen-bond acceptors (Lipinski definition) is 2. The van der Waals surface area contributed by atoms with Gasteiger partial charge in [0.2, 0.25) is 0 Å². The number of nitrogens with one attached hydrogen (secondary N) is 1. The van der Waals surface area contributed by atoms with E-state index in [0.717, 1.165) is 12.8 Å². The summed E-state index contributed by atoms with van der Waals surface area (Å²) in [5.41, 5.74) is 0. The minimum absolute atomic E-state index is 0.00796.